The summed E-state index contributed by atoms with van der Waals surface area (Å²) in [7, 11) is 0. The van der Waals surface area contributed by atoms with E-state index in [4.69, 9.17) is 0 Å². The van der Waals surface area contributed by atoms with Gasteiger partial charge in [0.25, 0.3) is 0 Å². The summed E-state index contributed by atoms with van der Waals surface area (Å²) in [6, 6.07) is 28.6. The van der Waals surface area contributed by atoms with Crippen LogP contribution in [0.25, 0.3) is 10.8 Å². The highest BCUT2D eigenvalue weighted by atomic mass is 16.1. The second-order valence-electron chi connectivity index (χ2n) is 8.74. The highest BCUT2D eigenvalue weighted by Gasteiger charge is 2.57. The summed E-state index contributed by atoms with van der Waals surface area (Å²) >= 11 is 0. The second-order valence-corrected chi connectivity index (χ2v) is 8.74. The fraction of sp³-hybridized carbons (Fsp3) is 0.143. The zero-order valence-corrected chi connectivity index (χ0v) is 16.2. The molecule has 0 amide bonds. The molecule has 4 aromatic carbocycles. The predicted octanol–water partition coefficient (Wildman–Crippen LogP) is 5.74. The quantitative estimate of drug-likeness (QED) is 0.386. The molecule has 142 valence electrons. The summed E-state index contributed by atoms with van der Waals surface area (Å²) in [4.78, 5) is 27.8. The molecule has 0 fully saturated rings. The van der Waals surface area contributed by atoms with Gasteiger partial charge in [-0.2, -0.15) is 0 Å². The van der Waals surface area contributed by atoms with E-state index >= 15 is 0 Å². The van der Waals surface area contributed by atoms with Crippen LogP contribution in [0.3, 0.4) is 0 Å². The molecule has 0 saturated carbocycles. The molecule has 0 spiro atoms. The van der Waals surface area contributed by atoms with Crippen LogP contribution in [0.2, 0.25) is 0 Å². The molecule has 2 heteroatoms. The van der Waals surface area contributed by atoms with Crippen LogP contribution >= 0.6 is 0 Å². The van der Waals surface area contributed by atoms with Crippen LogP contribution < -0.4 is 0 Å². The SMILES string of the molecule is O=C1c2cc3ccccc3cc2C(=O)[C@@H]2C3c4ccccc4C(c4ccccc43)[C@@H]12. The third kappa shape index (κ3) is 1.85. The Morgan fingerprint density at radius 1 is 0.467 bits per heavy atom. The zero-order valence-electron chi connectivity index (χ0n) is 16.2. The third-order valence-electron chi connectivity index (χ3n) is 7.46. The van der Waals surface area contributed by atoms with E-state index in [1.54, 1.807) is 0 Å². The Labute approximate surface area is 174 Å². The van der Waals surface area contributed by atoms with Crippen molar-refractivity contribution in [1.82, 2.24) is 0 Å². The van der Waals surface area contributed by atoms with Crippen LogP contribution in [0.4, 0.5) is 0 Å². The predicted molar refractivity (Wildman–Crippen MR) is 116 cm³/mol. The number of rotatable bonds is 0. The molecule has 2 nitrogen and oxygen atoms in total. The van der Waals surface area contributed by atoms with Gasteiger partial charge in [0.15, 0.2) is 11.6 Å². The summed E-state index contributed by atoms with van der Waals surface area (Å²) in [6.45, 7) is 0. The van der Waals surface area contributed by atoms with E-state index in [0.717, 1.165) is 10.8 Å². The smallest absolute Gasteiger partial charge is 0.168 e. The second kappa shape index (κ2) is 5.54. The number of fused-ring (bicyclic) bond motifs is 2. The largest absolute Gasteiger partial charge is 0.294 e. The zero-order chi connectivity index (χ0) is 20.0. The Balaban J connectivity index is 1.53. The van der Waals surface area contributed by atoms with Crippen molar-refractivity contribution in [3.05, 3.63) is 118 Å². The number of hydrogen-bond donors (Lipinski definition) is 0. The molecular weight excluding hydrogens is 368 g/mol. The first-order chi connectivity index (χ1) is 14.7. The van der Waals surface area contributed by atoms with Crippen LogP contribution in [0.5, 0.6) is 0 Å². The Bertz CT molecular complexity index is 1260. The van der Waals surface area contributed by atoms with Gasteiger partial charge in [-0.25, -0.2) is 0 Å². The molecule has 0 aromatic heterocycles. The van der Waals surface area contributed by atoms with Gasteiger partial charge in [-0.3, -0.25) is 9.59 Å². The van der Waals surface area contributed by atoms with Crippen LogP contribution in [-0.2, 0) is 0 Å². The van der Waals surface area contributed by atoms with Crippen molar-refractivity contribution >= 4 is 22.3 Å². The lowest BCUT2D eigenvalue weighted by Gasteiger charge is -2.51. The number of ketones is 2. The fourth-order valence-electron chi connectivity index (χ4n) is 6.31. The van der Waals surface area contributed by atoms with Gasteiger partial charge in [-0.05, 0) is 45.2 Å². The van der Waals surface area contributed by atoms with E-state index in [-0.39, 0.29) is 35.2 Å². The first-order valence-corrected chi connectivity index (χ1v) is 10.5. The number of carbonyl (C=O) groups is 2. The van der Waals surface area contributed by atoms with Crippen LogP contribution in [-0.4, -0.2) is 11.6 Å². The molecule has 0 radical (unpaired) electrons. The van der Waals surface area contributed by atoms with E-state index in [9.17, 15) is 9.59 Å². The van der Waals surface area contributed by atoms with Crippen molar-refractivity contribution in [1.29, 1.82) is 0 Å². The van der Waals surface area contributed by atoms with Gasteiger partial charge < -0.3 is 0 Å². The average molecular weight is 386 g/mol. The molecule has 4 aromatic rings. The molecule has 0 heterocycles. The van der Waals surface area contributed by atoms with Gasteiger partial charge in [-0.1, -0.05) is 72.8 Å². The normalized spacial score (nSPS) is 25.5. The minimum atomic E-state index is -0.319. The van der Waals surface area contributed by atoms with Gasteiger partial charge in [0, 0.05) is 34.8 Å². The van der Waals surface area contributed by atoms with Crippen LogP contribution in [0.15, 0.2) is 84.9 Å². The summed E-state index contributed by atoms with van der Waals surface area (Å²) < 4.78 is 0. The Morgan fingerprint density at radius 3 is 1.17 bits per heavy atom. The van der Waals surface area contributed by atoms with Gasteiger partial charge in [0.05, 0.1) is 0 Å². The van der Waals surface area contributed by atoms with Gasteiger partial charge in [0.1, 0.15) is 0 Å². The lowest BCUT2D eigenvalue weighted by Crippen LogP contribution is -2.50. The minimum absolute atomic E-state index is 0.0523. The topological polar surface area (TPSA) is 34.1 Å². The molecule has 0 aliphatic heterocycles. The van der Waals surface area contributed by atoms with Gasteiger partial charge in [0.2, 0.25) is 0 Å². The maximum Gasteiger partial charge on any atom is 0.168 e. The van der Waals surface area contributed by atoms with Crippen molar-refractivity contribution in [2.45, 2.75) is 11.8 Å². The molecule has 0 N–H and O–H groups in total. The number of benzene rings is 4. The molecule has 30 heavy (non-hydrogen) atoms. The lowest BCUT2D eigenvalue weighted by molar-refractivity contribution is 0.0664. The Hall–Kier alpha value is -3.52. The highest BCUT2D eigenvalue weighted by molar-refractivity contribution is 6.19. The molecule has 8 rings (SSSR count). The van der Waals surface area contributed by atoms with Crippen LogP contribution in [0, 0.1) is 11.8 Å². The summed E-state index contributed by atoms with van der Waals surface area (Å²) in [5.41, 5.74) is 6.06. The van der Waals surface area contributed by atoms with Crippen molar-refractivity contribution in [3.8, 4) is 0 Å². The standard InChI is InChI=1S/C28H18O2/c29-27-21-13-15-7-1-2-8-16(15)14-22(21)28(30)26-24-19-11-5-3-9-17(19)23(25(26)27)18-10-4-6-12-20(18)24/h1-14,23-26H/t23?,24?,25-,26-/m1/s1. The number of Topliss-reactive ketones (excluding diaryl/α,β-unsaturated/α-hetero) is 2. The van der Waals surface area contributed by atoms with Gasteiger partial charge >= 0.3 is 0 Å². The number of carbonyl (C=O) groups excluding carboxylic acids is 2. The lowest BCUT2D eigenvalue weighted by atomic mass is 9.50. The van der Waals surface area contributed by atoms with E-state index in [1.165, 1.54) is 22.3 Å². The number of hydrogen-bond acceptors (Lipinski definition) is 2. The van der Waals surface area contributed by atoms with Crippen molar-refractivity contribution < 1.29 is 9.59 Å². The maximum absolute atomic E-state index is 13.9. The highest BCUT2D eigenvalue weighted by Crippen LogP contribution is 2.61. The Kier molecular flexibility index (Phi) is 3.01. The molecular formula is C28H18O2. The third-order valence-corrected chi connectivity index (χ3v) is 7.46. The van der Waals surface area contributed by atoms with Gasteiger partial charge in [-0.15, -0.1) is 0 Å². The molecule has 4 aliphatic carbocycles. The summed E-state index contributed by atoms with van der Waals surface area (Å²) in [6.07, 6.45) is 0. The van der Waals surface area contributed by atoms with Crippen LogP contribution in [0.1, 0.15) is 54.8 Å². The summed E-state index contributed by atoms with van der Waals surface area (Å²) in [5, 5.41) is 2.02. The van der Waals surface area contributed by atoms with Crippen molar-refractivity contribution in [2.75, 3.05) is 0 Å². The minimum Gasteiger partial charge on any atom is -0.294 e. The first kappa shape index (κ1) is 16.3. The summed E-state index contributed by atoms with van der Waals surface area (Å²) in [5.74, 6) is -0.493. The van der Waals surface area contributed by atoms with Crippen molar-refractivity contribution in [2.24, 2.45) is 11.8 Å². The molecule has 2 bridgehead atoms. The molecule has 2 atom stereocenters. The molecule has 0 unspecified atom stereocenters. The monoisotopic (exact) mass is 386 g/mol. The molecule has 4 aliphatic rings. The molecule has 0 saturated heterocycles. The van der Waals surface area contributed by atoms with Crippen molar-refractivity contribution in [3.63, 3.8) is 0 Å². The average Bonchev–Trinajstić information content (AvgIpc) is 2.81. The maximum atomic E-state index is 13.9. The first-order valence-electron chi connectivity index (χ1n) is 10.5. The fourth-order valence-corrected chi connectivity index (χ4v) is 6.31. The van der Waals surface area contributed by atoms with E-state index in [1.807, 2.05) is 60.7 Å². The van der Waals surface area contributed by atoms with E-state index in [2.05, 4.69) is 24.3 Å². The Morgan fingerprint density at radius 2 is 0.800 bits per heavy atom. The van der Waals surface area contributed by atoms with E-state index in [0.29, 0.717) is 11.1 Å². The van der Waals surface area contributed by atoms with E-state index < -0.39 is 0 Å².